The van der Waals surface area contributed by atoms with E-state index in [0.29, 0.717) is 24.7 Å². The van der Waals surface area contributed by atoms with Crippen LogP contribution < -0.4 is 36.3 Å². The number of aldehydes is 2. The van der Waals surface area contributed by atoms with E-state index in [-0.39, 0.29) is 78.8 Å². The van der Waals surface area contributed by atoms with Gasteiger partial charge < -0.3 is 68.5 Å². The number of fused-ring (bicyclic) bond motifs is 14. The smallest absolute Gasteiger partial charge is 0.338 e. The van der Waals surface area contributed by atoms with Gasteiger partial charge in [-0.15, -0.1) is 0 Å². The van der Waals surface area contributed by atoms with Crippen molar-refractivity contribution in [2.45, 2.75) is 126 Å². The summed E-state index contributed by atoms with van der Waals surface area (Å²) in [6, 6.07) is 7.89. The highest BCUT2D eigenvalue weighted by Crippen LogP contribution is 2.43. The number of amides is 2. The summed E-state index contributed by atoms with van der Waals surface area (Å²) >= 11 is 0. The monoisotopic (exact) mass is 1230 g/mol. The van der Waals surface area contributed by atoms with Crippen LogP contribution in [0.25, 0.3) is 38.7 Å². The minimum atomic E-state index is -2.02. The third-order valence-corrected chi connectivity index (χ3v) is 16.9. The van der Waals surface area contributed by atoms with Gasteiger partial charge in [0, 0.05) is 111 Å². The molecule has 23 heteroatoms. The number of nitrogens with one attached hydrogen (secondary N) is 2. The molecule has 0 radical (unpaired) electrons. The molecule has 5 bridgehead atoms. The molecule has 474 valence electrons. The van der Waals surface area contributed by atoms with Crippen molar-refractivity contribution in [2.24, 2.45) is 35.5 Å². The number of aliphatic hydroxyl groups excluding tert-OH is 2. The van der Waals surface area contributed by atoms with Gasteiger partial charge in [0.15, 0.2) is 22.4 Å². The highest BCUT2D eigenvalue weighted by atomic mass is 16.7. The lowest BCUT2D eigenvalue weighted by molar-refractivity contribution is -0.158. The Morgan fingerprint density at radius 1 is 0.876 bits per heavy atom. The summed E-state index contributed by atoms with van der Waals surface area (Å²) in [6.45, 7) is 21.8. The number of aliphatic hydroxyl groups is 2. The van der Waals surface area contributed by atoms with Crippen molar-refractivity contribution < 1.29 is 77.0 Å². The quantitative estimate of drug-likeness (QED) is 0.0197. The van der Waals surface area contributed by atoms with E-state index in [1.807, 2.05) is 6.92 Å². The lowest BCUT2D eigenvalue weighted by Gasteiger charge is -2.38. The first-order chi connectivity index (χ1) is 42.2. The second kappa shape index (κ2) is 27.6. The van der Waals surface area contributed by atoms with Crippen LogP contribution in [0.5, 0.6) is 11.5 Å². The number of benzene rings is 4. The number of carbonyl (C=O) groups excluding carboxylic acids is 7. The molecule has 0 aliphatic carbocycles. The van der Waals surface area contributed by atoms with E-state index >= 15 is 4.79 Å². The zero-order chi connectivity index (χ0) is 64.9. The number of hydrogen-bond acceptors (Lipinski definition) is 21. The lowest BCUT2D eigenvalue weighted by atomic mass is 9.77. The molecule has 5 aromatic rings. The van der Waals surface area contributed by atoms with Gasteiger partial charge in [0.1, 0.15) is 60.1 Å². The van der Waals surface area contributed by atoms with Gasteiger partial charge in [-0.1, -0.05) is 84.9 Å². The Morgan fingerprint density at radius 3 is 2.24 bits per heavy atom. The number of allylic oxidation sites excluding steroid dienone is 3. The number of aromatic nitrogens is 1. The van der Waals surface area contributed by atoms with E-state index in [9.17, 15) is 53.7 Å². The minimum Gasteiger partial charge on any atom is -0.507 e. The standard InChI is InChI=1S/C66H77N5O18/c1-33(2)29-70-22-24-71(25-23-70)44-27-46(75)53-47(28-44)87-62-54(68-53)50-51-57(79)40(9)61-52(50)63(81)66(11,89-61)85-26-21-34(3)37(6)60(86-41(10)74)39(8)56(78)38(7)59(35(4)15-14-16-36(5)64(82)69-55(62)58(51)80)88-65(83)45-18-13-12-17-42(45)32-84-49(77)20-19-48(76)67-43(30-72)31-73/h12-18,21,26-28,30-31,33-35,37-39,43,56,59-60,78-79,81H,19-20,22-25,29,32H2,1-11H3,(H,67,76)(H,69,82)/b15-14+,26-21+,36-16-/t34-,35-,37+,38-,39+,56+,59-,60+,66-/m0/s1. The van der Waals surface area contributed by atoms with Gasteiger partial charge in [-0.05, 0) is 43.7 Å². The number of aromatic hydroxyl groups is 1. The van der Waals surface area contributed by atoms with Crippen molar-refractivity contribution in [3.8, 4) is 11.5 Å². The third kappa shape index (κ3) is 14.2. The number of carbonyl (C=O) groups is 7. The Labute approximate surface area is 513 Å². The maximum Gasteiger partial charge on any atom is 0.338 e. The predicted octanol–water partition coefficient (Wildman–Crippen LogP) is 6.53. The molecule has 5 N–H and O–H groups in total. The third-order valence-electron chi connectivity index (χ3n) is 16.9. The van der Waals surface area contributed by atoms with Gasteiger partial charge in [-0.2, -0.15) is 0 Å². The average Bonchev–Trinajstić information content (AvgIpc) is 1.68. The fourth-order valence-corrected chi connectivity index (χ4v) is 11.7. The van der Waals surface area contributed by atoms with Crippen molar-refractivity contribution >= 4 is 92.4 Å². The van der Waals surface area contributed by atoms with E-state index < -0.39 is 137 Å². The van der Waals surface area contributed by atoms with E-state index in [0.717, 1.165) is 19.6 Å². The zero-order valence-corrected chi connectivity index (χ0v) is 51.7. The molecule has 9 rings (SSSR count). The first-order valence-corrected chi connectivity index (χ1v) is 29.7. The molecule has 1 aromatic heterocycles. The summed E-state index contributed by atoms with van der Waals surface area (Å²) in [4.78, 5) is 127. The molecular weight excluding hydrogens is 1150 g/mol. The minimum absolute atomic E-state index is 0.00342. The van der Waals surface area contributed by atoms with E-state index in [4.69, 9.17) is 33.1 Å². The number of hydrogen-bond donors (Lipinski definition) is 5. The second-order valence-electron chi connectivity index (χ2n) is 23.9. The van der Waals surface area contributed by atoms with Crippen LogP contribution in [0.15, 0.2) is 86.5 Å². The number of rotatable bonds is 14. The topological polar surface area (TPSA) is 317 Å². The number of nitrogens with zero attached hydrogens (tertiary/aromatic N) is 3. The fourth-order valence-electron chi connectivity index (χ4n) is 11.7. The predicted molar refractivity (Wildman–Crippen MR) is 330 cm³/mol. The first kappa shape index (κ1) is 66.0. The van der Waals surface area contributed by atoms with E-state index in [2.05, 4.69) is 34.3 Å². The van der Waals surface area contributed by atoms with Crippen LogP contribution in [0.4, 0.5) is 11.4 Å². The number of esters is 3. The fraction of sp³-hybridized carbons (Fsp3) is 0.455. The van der Waals surface area contributed by atoms with Crippen molar-refractivity contribution in [3.05, 3.63) is 115 Å². The largest absolute Gasteiger partial charge is 0.507 e. The van der Waals surface area contributed by atoms with Gasteiger partial charge in [0.25, 0.3) is 5.91 Å². The molecule has 1 saturated heterocycles. The first-order valence-electron chi connectivity index (χ1n) is 29.7. The van der Waals surface area contributed by atoms with Crippen LogP contribution in [-0.2, 0) is 54.3 Å². The van der Waals surface area contributed by atoms with Crippen LogP contribution in [0, 0.1) is 42.4 Å². The maximum absolute atomic E-state index is 15.2. The zero-order valence-electron chi connectivity index (χ0n) is 51.7. The normalized spacial score (nSPS) is 25.0. The molecule has 89 heavy (non-hydrogen) atoms. The Bertz CT molecular complexity index is 3880. The molecular formula is C66H77N5O18. The van der Waals surface area contributed by atoms with E-state index in [1.165, 1.54) is 64.3 Å². The molecule has 0 spiro atoms. The molecule has 0 unspecified atom stereocenters. The Morgan fingerprint density at radius 2 is 1.56 bits per heavy atom. The van der Waals surface area contributed by atoms with Crippen molar-refractivity contribution in [1.29, 1.82) is 0 Å². The summed E-state index contributed by atoms with van der Waals surface area (Å²) in [6.07, 6.45) is 3.73. The van der Waals surface area contributed by atoms with Crippen LogP contribution >= 0.6 is 0 Å². The number of phenolic OH excluding ortho intramolecular Hbond substituents is 1. The molecule has 2 amide bonds. The molecule has 1 fully saturated rings. The molecule has 0 saturated carbocycles. The van der Waals surface area contributed by atoms with Crippen molar-refractivity contribution in [1.82, 2.24) is 15.2 Å². The molecule has 5 heterocycles. The van der Waals surface area contributed by atoms with E-state index in [1.54, 1.807) is 58.0 Å². The Kier molecular flexibility index (Phi) is 20.5. The SMILES string of the molecule is CC(=O)O[C@H]1[C@H](C)[C@H](O)[C@H](C)[C@@H](OC(=O)c2ccccc2COC(=O)CCC(=O)NC(C=O)C=O)[C@@H](C)/C=C/C=C(/C)C(=O)Nc2c(=O)c3c(O)c(C)c4c(c3c3nc5c(=O)cc(N6CCN(CC(C)C)CC6)cc5oc23)=C(O)[C@@](C)(O/C=C/[C@H](C)[C@H]1C)O4. The average molecular weight is 1230 g/mol. The number of anilines is 2. The summed E-state index contributed by atoms with van der Waals surface area (Å²) in [5.41, 5.74) is -1.66. The molecule has 4 aliphatic heterocycles. The second-order valence-corrected chi connectivity index (χ2v) is 23.9. The number of phenols is 1. The van der Waals surface area contributed by atoms with Gasteiger partial charge in [-0.3, -0.25) is 33.7 Å². The highest BCUT2D eigenvalue weighted by Gasteiger charge is 2.45. The summed E-state index contributed by atoms with van der Waals surface area (Å²) in [7, 11) is 0. The van der Waals surface area contributed by atoms with Gasteiger partial charge in [0.05, 0.1) is 35.0 Å². The summed E-state index contributed by atoms with van der Waals surface area (Å²) in [5, 5.41) is 41.0. The maximum atomic E-state index is 15.2. The number of piperazine rings is 1. The summed E-state index contributed by atoms with van der Waals surface area (Å²) in [5.74, 6) is -10.2. The molecule has 9 atom stereocenters. The Hall–Kier alpha value is -8.96. The van der Waals surface area contributed by atoms with Gasteiger partial charge >= 0.3 is 23.7 Å². The summed E-state index contributed by atoms with van der Waals surface area (Å²) < 4.78 is 36.8. The van der Waals surface area contributed by atoms with Crippen LogP contribution in [0.3, 0.4) is 0 Å². The molecule has 4 aromatic carbocycles. The highest BCUT2D eigenvalue weighted by molar-refractivity contribution is 6.17. The number of ether oxygens (including phenoxy) is 5. The molecule has 23 nitrogen and oxygen atoms in total. The Balaban J connectivity index is 1.22. The van der Waals surface area contributed by atoms with Crippen LogP contribution in [-0.4, -0.2) is 130 Å². The van der Waals surface area contributed by atoms with Crippen molar-refractivity contribution in [2.75, 3.05) is 42.9 Å². The van der Waals surface area contributed by atoms with Gasteiger partial charge in [0.2, 0.25) is 16.8 Å². The van der Waals surface area contributed by atoms with Crippen LogP contribution in [0.1, 0.15) is 104 Å². The van der Waals surface area contributed by atoms with Gasteiger partial charge in [-0.25, -0.2) is 9.78 Å². The lowest BCUT2D eigenvalue weighted by Crippen LogP contribution is -2.47. The molecule has 4 aliphatic rings. The van der Waals surface area contributed by atoms with Crippen LogP contribution in [0.2, 0.25) is 0 Å². The van der Waals surface area contributed by atoms with Crippen molar-refractivity contribution in [3.63, 3.8) is 0 Å².